The molecule has 2 N–H and O–H groups in total. The second-order valence-corrected chi connectivity index (χ2v) is 3.45. The van der Waals surface area contributed by atoms with Gasteiger partial charge in [-0.3, -0.25) is 0 Å². The summed E-state index contributed by atoms with van der Waals surface area (Å²) in [4.78, 5) is 11.0. The topological polar surface area (TPSA) is 59.6 Å². The summed E-state index contributed by atoms with van der Waals surface area (Å²) in [5.41, 5.74) is 1.08. The molecule has 0 atom stereocenters. The van der Waals surface area contributed by atoms with Gasteiger partial charge in [0.25, 0.3) is 0 Å². The first kappa shape index (κ1) is 13.2. The second-order valence-electron chi connectivity index (χ2n) is 3.45. The number of urea groups is 1. The van der Waals surface area contributed by atoms with Gasteiger partial charge in [0.2, 0.25) is 0 Å². The van der Waals surface area contributed by atoms with Gasteiger partial charge in [-0.25, -0.2) is 4.79 Å². The number of methoxy groups -OCH3 is 2. The number of amides is 2. The van der Waals surface area contributed by atoms with Crippen LogP contribution < -0.4 is 20.1 Å². The number of hydrogen-bond donors (Lipinski definition) is 2. The lowest BCUT2D eigenvalue weighted by Crippen LogP contribution is -2.33. The standard InChI is InChI=1S/C12H18N2O3/c1-13-12(15)14-7-6-9-4-5-10(16-2)11(8-9)17-3/h4-5,8H,6-7H2,1-3H3,(H2,13,14,15). The minimum absolute atomic E-state index is 0.175. The number of hydrogen-bond acceptors (Lipinski definition) is 3. The van der Waals surface area contributed by atoms with E-state index in [0.717, 1.165) is 12.0 Å². The molecule has 0 aliphatic heterocycles. The summed E-state index contributed by atoms with van der Waals surface area (Å²) >= 11 is 0. The number of ether oxygens (including phenoxy) is 2. The fraction of sp³-hybridized carbons (Fsp3) is 0.417. The molecule has 0 spiro atoms. The smallest absolute Gasteiger partial charge is 0.314 e. The van der Waals surface area contributed by atoms with Crippen molar-refractivity contribution in [3.8, 4) is 11.5 Å². The van der Waals surface area contributed by atoms with E-state index in [9.17, 15) is 4.79 Å². The molecule has 1 rings (SSSR count). The Bertz CT molecular complexity index is 380. The predicted octanol–water partition coefficient (Wildman–Crippen LogP) is 1.18. The van der Waals surface area contributed by atoms with E-state index in [2.05, 4.69) is 10.6 Å². The molecule has 2 amide bonds. The third-order valence-corrected chi connectivity index (χ3v) is 2.37. The van der Waals surface area contributed by atoms with E-state index in [4.69, 9.17) is 9.47 Å². The van der Waals surface area contributed by atoms with Crippen molar-refractivity contribution < 1.29 is 14.3 Å². The Labute approximate surface area is 101 Å². The molecule has 0 saturated carbocycles. The van der Waals surface area contributed by atoms with Gasteiger partial charge in [0.15, 0.2) is 11.5 Å². The molecule has 1 aromatic rings. The van der Waals surface area contributed by atoms with Crippen LogP contribution in [-0.4, -0.2) is 33.8 Å². The molecule has 0 bridgehead atoms. The summed E-state index contributed by atoms with van der Waals surface area (Å²) in [6.07, 6.45) is 0.744. The van der Waals surface area contributed by atoms with Crippen molar-refractivity contribution in [1.29, 1.82) is 0 Å². The molecule has 94 valence electrons. The van der Waals surface area contributed by atoms with Crippen LogP contribution in [-0.2, 0) is 6.42 Å². The molecule has 0 aliphatic rings. The molecular weight excluding hydrogens is 220 g/mol. The maximum Gasteiger partial charge on any atom is 0.314 e. The molecule has 0 aromatic heterocycles. The summed E-state index contributed by atoms with van der Waals surface area (Å²) in [6.45, 7) is 0.579. The van der Waals surface area contributed by atoms with E-state index >= 15 is 0 Å². The Morgan fingerprint density at radius 3 is 2.53 bits per heavy atom. The zero-order valence-electron chi connectivity index (χ0n) is 10.4. The largest absolute Gasteiger partial charge is 0.493 e. The van der Waals surface area contributed by atoms with Crippen molar-refractivity contribution in [2.24, 2.45) is 0 Å². The highest BCUT2D eigenvalue weighted by Crippen LogP contribution is 2.27. The Morgan fingerprint density at radius 1 is 1.24 bits per heavy atom. The van der Waals surface area contributed by atoms with Gasteiger partial charge in [-0.1, -0.05) is 6.07 Å². The highest BCUT2D eigenvalue weighted by Gasteiger charge is 2.04. The summed E-state index contributed by atoms with van der Waals surface area (Å²) in [5.74, 6) is 1.40. The van der Waals surface area contributed by atoms with Gasteiger partial charge in [-0.2, -0.15) is 0 Å². The van der Waals surface area contributed by atoms with Crippen molar-refractivity contribution >= 4 is 6.03 Å². The number of rotatable bonds is 5. The Hall–Kier alpha value is -1.91. The first-order valence-corrected chi connectivity index (χ1v) is 5.37. The van der Waals surface area contributed by atoms with Crippen LogP contribution in [0.5, 0.6) is 11.5 Å². The minimum atomic E-state index is -0.175. The third-order valence-electron chi connectivity index (χ3n) is 2.37. The second kappa shape index (κ2) is 6.62. The van der Waals surface area contributed by atoms with Crippen molar-refractivity contribution in [2.45, 2.75) is 6.42 Å². The van der Waals surface area contributed by atoms with Crippen LogP contribution in [0.3, 0.4) is 0 Å². The molecular formula is C12H18N2O3. The minimum Gasteiger partial charge on any atom is -0.493 e. The fourth-order valence-corrected chi connectivity index (χ4v) is 1.44. The van der Waals surface area contributed by atoms with Gasteiger partial charge < -0.3 is 20.1 Å². The maximum atomic E-state index is 11.0. The maximum absolute atomic E-state index is 11.0. The zero-order chi connectivity index (χ0) is 12.7. The average Bonchev–Trinajstić information content (AvgIpc) is 2.38. The van der Waals surface area contributed by atoms with Gasteiger partial charge in [-0.15, -0.1) is 0 Å². The van der Waals surface area contributed by atoms with Crippen LogP contribution in [0, 0.1) is 0 Å². The van der Waals surface area contributed by atoms with Crippen molar-refractivity contribution in [3.05, 3.63) is 23.8 Å². The van der Waals surface area contributed by atoms with Gasteiger partial charge >= 0.3 is 6.03 Å². The summed E-state index contributed by atoms with van der Waals surface area (Å²) in [6, 6.07) is 5.54. The first-order valence-electron chi connectivity index (χ1n) is 5.37. The van der Waals surface area contributed by atoms with Crippen LogP contribution >= 0.6 is 0 Å². The number of carbonyl (C=O) groups excluding carboxylic acids is 1. The van der Waals surface area contributed by atoms with Crippen molar-refractivity contribution in [3.63, 3.8) is 0 Å². The van der Waals surface area contributed by atoms with Gasteiger partial charge in [0, 0.05) is 13.6 Å². The van der Waals surface area contributed by atoms with Gasteiger partial charge in [0.05, 0.1) is 14.2 Å². The zero-order valence-corrected chi connectivity index (χ0v) is 10.4. The lowest BCUT2D eigenvalue weighted by atomic mass is 10.1. The number of carbonyl (C=O) groups is 1. The lowest BCUT2D eigenvalue weighted by Gasteiger charge is -2.10. The summed E-state index contributed by atoms with van der Waals surface area (Å²) in [7, 11) is 4.79. The van der Waals surface area contributed by atoms with E-state index in [1.165, 1.54) is 0 Å². The van der Waals surface area contributed by atoms with E-state index in [0.29, 0.717) is 18.0 Å². The highest BCUT2D eigenvalue weighted by atomic mass is 16.5. The fourth-order valence-electron chi connectivity index (χ4n) is 1.44. The van der Waals surface area contributed by atoms with E-state index in [-0.39, 0.29) is 6.03 Å². The van der Waals surface area contributed by atoms with Crippen LogP contribution in [0.1, 0.15) is 5.56 Å². The molecule has 0 unspecified atom stereocenters. The van der Waals surface area contributed by atoms with Gasteiger partial charge in [0.1, 0.15) is 0 Å². The third kappa shape index (κ3) is 3.86. The molecule has 5 nitrogen and oxygen atoms in total. The summed E-state index contributed by atoms with van der Waals surface area (Å²) in [5, 5.41) is 5.22. The molecule has 5 heteroatoms. The van der Waals surface area contributed by atoms with E-state index in [1.54, 1.807) is 21.3 Å². The van der Waals surface area contributed by atoms with Crippen molar-refractivity contribution in [2.75, 3.05) is 27.8 Å². The Morgan fingerprint density at radius 2 is 1.94 bits per heavy atom. The number of nitrogens with one attached hydrogen (secondary N) is 2. The predicted molar refractivity (Wildman–Crippen MR) is 65.7 cm³/mol. The number of benzene rings is 1. The molecule has 17 heavy (non-hydrogen) atoms. The Balaban J connectivity index is 2.57. The van der Waals surface area contributed by atoms with E-state index in [1.807, 2.05) is 18.2 Å². The quantitative estimate of drug-likeness (QED) is 0.809. The molecule has 0 saturated heterocycles. The molecule has 0 radical (unpaired) electrons. The molecule has 0 heterocycles. The Kier molecular flexibility index (Phi) is 5.13. The van der Waals surface area contributed by atoms with Crippen LogP contribution in [0.2, 0.25) is 0 Å². The average molecular weight is 238 g/mol. The lowest BCUT2D eigenvalue weighted by molar-refractivity contribution is 0.243. The van der Waals surface area contributed by atoms with Crippen molar-refractivity contribution in [1.82, 2.24) is 10.6 Å². The van der Waals surface area contributed by atoms with E-state index < -0.39 is 0 Å². The normalized spacial score (nSPS) is 9.59. The van der Waals surface area contributed by atoms with Gasteiger partial charge in [-0.05, 0) is 24.1 Å². The summed E-state index contributed by atoms with van der Waals surface area (Å²) < 4.78 is 10.3. The molecule has 1 aromatic carbocycles. The SMILES string of the molecule is CNC(=O)NCCc1ccc(OC)c(OC)c1. The van der Waals surface area contributed by atoms with Crippen LogP contribution in [0.15, 0.2) is 18.2 Å². The van der Waals surface area contributed by atoms with Crippen LogP contribution in [0.4, 0.5) is 4.79 Å². The first-order chi connectivity index (χ1) is 8.21. The molecule has 0 aliphatic carbocycles. The monoisotopic (exact) mass is 238 g/mol. The highest BCUT2D eigenvalue weighted by molar-refractivity contribution is 5.73. The molecule has 0 fully saturated rings. The van der Waals surface area contributed by atoms with Crippen LogP contribution in [0.25, 0.3) is 0 Å².